The van der Waals surface area contributed by atoms with E-state index in [0.717, 1.165) is 26.2 Å². The van der Waals surface area contributed by atoms with Gasteiger partial charge in [0.2, 0.25) is 5.91 Å². The Morgan fingerprint density at radius 3 is 2.62 bits per heavy atom. The molecule has 0 aromatic heterocycles. The third kappa shape index (κ3) is 4.85. The molecule has 0 atom stereocenters. The van der Waals surface area contributed by atoms with Crippen molar-refractivity contribution in [3.63, 3.8) is 0 Å². The van der Waals surface area contributed by atoms with E-state index in [-0.39, 0.29) is 11.6 Å². The van der Waals surface area contributed by atoms with Crippen LogP contribution in [0.4, 0.5) is 10.1 Å². The first-order chi connectivity index (χ1) is 11.6. The van der Waals surface area contributed by atoms with E-state index >= 15 is 0 Å². The van der Waals surface area contributed by atoms with Crippen LogP contribution in [-0.4, -0.2) is 66.0 Å². The highest BCUT2D eigenvalue weighted by atomic mass is 35.5. The van der Waals surface area contributed by atoms with Crippen LogP contribution < -0.4 is 5.32 Å². The number of benzene rings is 1. The van der Waals surface area contributed by atoms with Gasteiger partial charge in [0, 0.05) is 37.2 Å². The first-order valence-electron chi connectivity index (χ1n) is 8.41. The van der Waals surface area contributed by atoms with Crippen LogP contribution >= 0.6 is 23.4 Å². The molecule has 1 aromatic carbocycles. The molecule has 132 valence electrons. The maximum absolute atomic E-state index is 13.7. The van der Waals surface area contributed by atoms with Crippen LogP contribution in [0.15, 0.2) is 18.2 Å². The minimum atomic E-state index is -0.504. The summed E-state index contributed by atoms with van der Waals surface area (Å²) in [4.78, 5) is 16.8. The fourth-order valence-electron chi connectivity index (χ4n) is 3.32. The molecular formula is C17H23ClFN3OS. The molecule has 0 spiro atoms. The molecule has 2 aliphatic rings. The Kier molecular flexibility index (Phi) is 6.38. The van der Waals surface area contributed by atoms with Crippen LogP contribution in [0.25, 0.3) is 0 Å². The van der Waals surface area contributed by atoms with Gasteiger partial charge >= 0.3 is 0 Å². The first kappa shape index (κ1) is 18.0. The van der Waals surface area contributed by atoms with Crippen molar-refractivity contribution in [1.29, 1.82) is 0 Å². The lowest BCUT2D eigenvalue weighted by atomic mass is 10.1. The van der Waals surface area contributed by atoms with Crippen LogP contribution in [0.3, 0.4) is 0 Å². The van der Waals surface area contributed by atoms with Gasteiger partial charge in [-0.05, 0) is 42.5 Å². The zero-order chi connectivity index (χ0) is 16.9. The molecule has 0 unspecified atom stereocenters. The summed E-state index contributed by atoms with van der Waals surface area (Å²) in [6.07, 6.45) is 2.56. The van der Waals surface area contributed by atoms with Gasteiger partial charge in [-0.15, -0.1) is 0 Å². The van der Waals surface area contributed by atoms with Gasteiger partial charge in [-0.25, -0.2) is 4.39 Å². The number of nitrogens with zero attached hydrogens (tertiary/aromatic N) is 2. The normalized spacial score (nSPS) is 20.9. The average molecular weight is 372 g/mol. The van der Waals surface area contributed by atoms with E-state index in [1.807, 2.05) is 11.8 Å². The van der Waals surface area contributed by atoms with Crippen molar-refractivity contribution in [2.45, 2.75) is 18.9 Å². The minimum absolute atomic E-state index is 0.182. The predicted octanol–water partition coefficient (Wildman–Crippen LogP) is 2.93. The Labute approximate surface area is 151 Å². The first-order valence-corrected chi connectivity index (χ1v) is 9.94. The second-order valence-corrected chi connectivity index (χ2v) is 7.99. The molecule has 0 bridgehead atoms. The molecule has 24 heavy (non-hydrogen) atoms. The second-order valence-electron chi connectivity index (χ2n) is 6.33. The molecule has 2 aliphatic heterocycles. The number of amides is 1. The summed E-state index contributed by atoms with van der Waals surface area (Å²) >= 11 is 7.77. The number of piperazine rings is 1. The summed E-state index contributed by atoms with van der Waals surface area (Å²) in [5.41, 5.74) is 0.183. The van der Waals surface area contributed by atoms with Gasteiger partial charge in [0.05, 0.1) is 12.2 Å². The number of carbonyl (C=O) groups excluding carboxylic acids is 1. The largest absolute Gasteiger partial charge is 0.322 e. The molecule has 0 radical (unpaired) electrons. The van der Waals surface area contributed by atoms with E-state index in [4.69, 9.17) is 11.6 Å². The summed E-state index contributed by atoms with van der Waals surface area (Å²) < 4.78 is 13.7. The Hall–Kier alpha value is -0.820. The van der Waals surface area contributed by atoms with Gasteiger partial charge in [-0.2, -0.15) is 11.8 Å². The van der Waals surface area contributed by atoms with Crippen LogP contribution in [0.1, 0.15) is 12.8 Å². The van der Waals surface area contributed by atoms with Gasteiger partial charge in [0.15, 0.2) is 0 Å². The zero-order valence-corrected chi connectivity index (χ0v) is 15.2. The van der Waals surface area contributed by atoms with Crippen LogP contribution in [0, 0.1) is 5.82 Å². The molecule has 1 amide bonds. The highest BCUT2D eigenvalue weighted by molar-refractivity contribution is 7.99. The number of anilines is 1. The van der Waals surface area contributed by atoms with E-state index in [1.165, 1.54) is 36.5 Å². The lowest BCUT2D eigenvalue weighted by Crippen LogP contribution is -2.52. The standard InChI is InChI=1S/C17H23ClFN3OS/c18-13-1-2-16(15(19)11-13)20-17(23)12-21-5-7-22(8-6-21)14-3-9-24-10-4-14/h1-2,11,14H,3-10,12H2,(H,20,23). The van der Waals surface area contributed by atoms with E-state index in [1.54, 1.807) is 6.07 Å². The predicted molar refractivity (Wildman–Crippen MR) is 98.4 cm³/mol. The molecule has 1 N–H and O–H groups in total. The molecular weight excluding hydrogens is 349 g/mol. The van der Waals surface area contributed by atoms with E-state index in [9.17, 15) is 9.18 Å². The van der Waals surface area contributed by atoms with Gasteiger partial charge in [-0.1, -0.05) is 11.6 Å². The van der Waals surface area contributed by atoms with Gasteiger partial charge in [0.25, 0.3) is 0 Å². The monoisotopic (exact) mass is 371 g/mol. The number of halogens is 2. The summed E-state index contributed by atoms with van der Waals surface area (Å²) in [6, 6.07) is 4.99. The van der Waals surface area contributed by atoms with Crippen LogP contribution in [0.2, 0.25) is 5.02 Å². The molecule has 7 heteroatoms. The number of rotatable bonds is 4. The van der Waals surface area contributed by atoms with Crippen molar-refractivity contribution in [3.05, 3.63) is 29.0 Å². The van der Waals surface area contributed by atoms with E-state index in [0.29, 0.717) is 17.6 Å². The van der Waals surface area contributed by atoms with Crippen molar-refractivity contribution < 1.29 is 9.18 Å². The van der Waals surface area contributed by atoms with E-state index < -0.39 is 5.82 Å². The number of hydrogen-bond acceptors (Lipinski definition) is 4. The van der Waals surface area contributed by atoms with Crippen molar-refractivity contribution in [2.24, 2.45) is 0 Å². The highest BCUT2D eigenvalue weighted by Crippen LogP contribution is 2.23. The quantitative estimate of drug-likeness (QED) is 0.882. The van der Waals surface area contributed by atoms with E-state index in [2.05, 4.69) is 15.1 Å². The van der Waals surface area contributed by atoms with Crippen molar-refractivity contribution >= 4 is 35.0 Å². The van der Waals surface area contributed by atoms with Gasteiger partial charge < -0.3 is 5.32 Å². The van der Waals surface area contributed by atoms with Gasteiger partial charge in [-0.3, -0.25) is 14.6 Å². The molecule has 1 aromatic rings. The second kappa shape index (κ2) is 8.52. The fraction of sp³-hybridized carbons (Fsp3) is 0.588. The number of nitrogens with one attached hydrogen (secondary N) is 1. The molecule has 4 nitrogen and oxygen atoms in total. The highest BCUT2D eigenvalue weighted by Gasteiger charge is 2.26. The summed E-state index contributed by atoms with van der Waals surface area (Å²) in [5.74, 6) is 1.84. The Morgan fingerprint density at radius 2 is 1.96 bits per heavy atom. The molecule has 2 saturated heterocycles. The lowest BCUT2D eigenvalue weighted by molar-refractivity contribution is -0.117. The molecule has 3 rings (SSSR count). The minimum Gasteiger partial charge on any atom is -0.322 e. The molecule has 2 heterocycles. The maximum atomic E-state index is 13.7. The number of thioether (sulfide) groups is 1. The Bertz CT molecular complexity index is 575. The number of carbonyl (C=O) groups is 1. The van der Waals surface area contributed by atoms with Crippen molar-refractivity contribution in [2.75, 3.05) is 49.5 Å². The zero-order valence-electron chi connectivity index (χ0n) is 13.6. The molecule has 0 saturated carbocycles. The Morgan fingerprint density at radius 1 is 1.25 bits per heavy atom. The van der Waals surface area contributed by atoms with Gasteiger partial charge in [0.1, 0.15) is 5.82 Å². The maximum Gasteiger partial charge on any atom is 0.238 e. The molecule has 0 aliphatic carbocycles. The van der Waals surface area contributed by atoms with Crippen molar-refractivity contribution in [3.8, 4) is 0 Å². The SMILES string of the molecule is O=C(CN1CCN(C2CCSCC2)CC1)Nc1ccc(Cl)cc1F. The molecule has 2 fully saturated rings. The average Bonchev–Trinajstić information content (AvgIpc) is 2.59. The summed E-state index contributed by atoms with van der Waals surface area (Å²) in [7, 11) is 0. The number of hydrogen-bond donors (Lipinski definition) is 1. The van der Waals surface area contributed by atoms with Crippen molar-refractivity contribution in [1.82, 2.24) is 9.80 Å². The lowest BCUT2D eigenvalue weighted by Gasteiger charge is -2.40. The fourth-order valence-corrected chi connectivity index (χ4v) is 4.56. The summed E-state index contributed by atoms with van der Waals surface area (Å²) in [5, 5.41) is 2.95. The van der Waals surface area contributed by atoms with Crippen LogP contribution in [0.5, 0.6) is 0 Å². The Balaban J connectivity index is 1.44. The topological polar surface area (TPSA) is 35.6 Å². The smallest absolute Gasteiger partial charge is 0.238 e. The summed E-state index contributed by atoms with van der Waals surface area (Å²) in [6.45, 7) is 4.10. The third-order valence-corrected chi connectivity index (χ3v) is 5.97. The van der Waals surface area contributed by atoms with Crippen LogP contribution in [-0.2, 0) is 4.79 Å². The third-order valence-electron chi connectivity index (χ3n) is 4.69.